The fourth-order valence-corrected chi connectivity index (χ4v) is 1.44. The van der Waals surface area contributed by atoms with E-state index in [1.165, 1.54) is 0 Å². The summed E-state index contributed by atoms with van der Waals surface area (Å²) in [6.45, 7) is 8.93. The van der Waals surface area contributed by atoms with E-state index in [-0.39, 0.29) is 0 Å². The van der Waals surface area contributed by atoms with E-state index < -0.39 is 0 Å². The molecule has 0 fully saturated rings. The highest BCUT2D eigenvalue weighted by Crippen LogP contribution is 2.10. The highest BCUT2D eigenvalue weighted by atomic mass is 15.2. The Morgan fingerprint density at radius 2 is 2.07 bits per heavy atom. The highest BCUT2D eigenvalue weighted by molar-refractivity contribution is 5.35. The summed E-state index contributed by atoms with van der Waals surface area (Å²) in [6.07, 6.45) is 3.55. The van der Waals surface area contributed by atoms with Gasteiger partial charge < -0.3 is 10.6 Å². The zero-order chi connectivity index (χ0) is 11.3. The Labute approximate surface area is 91.5 Å². The van der Waals surface area contributed by atoms with Crippen LogP contribution in [0.2, 0.25) is 0 Å². The third-order valence-corrected chi connectivity index (χ3v) is 2.19. The Kier molecular flexibility index (Phi) is 4.49. The van der Waals surface area contributed by atoms with Crippen molar-refractivity contribution in [3.63, 3.8) is 0 Å². The lowest BCUT2D eigenvalue weighted by atomic mass is 10.2. The summed E-state index contributed by atoms with van der Waals surface area (Å²) in [5.41, 5.74) is 6.31. The van der Waals surface area contributed by atoms with Gasteiger partial charge in [-0.3, -0.25) is 4.98 Å². The molecule has 1 aromatic heterocycles. The van der Waals surface area contributed by atoms with Crippen molar-refractivity contribution in [3.05, 3.63) is 18.1 Å². The molecule has 0 aliphatic rings. The molecule has 1 rings (SSSR count). The minimum Gasteiger partial charge on any atom is -0.355 e. The molecule has 0 bridgehead atoms. The quantitative estimate of drug-likeness (QED) is 0.795. The molecule has 0 aliphatic carbocycles. The summed E-state index contributed by atoms with van der Waals surface area (Å²) >= 11 is 0. The average Bonchev–Trinajstić information content (AvgIpc) is 2.26. The van der Waals surface area contributed by atoms with Gasteiger partial charge in [0.1, 0.15) is 5.82 Å². The largest absolute Gasteiger partial charge is 0.355 e. The van der Waals surface area contributed by atoms with Crippen molar-refractivity contribution in [1.29, 1.82) is 0 Å². The first-order valence-electron chi connectivity index (χ1n) is 5.43. The maximum Gasteiger partial charge on any atom is 0.147 e. The second kappa shape index (κ2) is 5.66. The molecular weight excluding hydrogens is 188 g/mol. The maximum absolute atomic E-state index is 5.47. The first-order chi connectivity index (χ1) is 7.17. The molecule has 0 saturated heterocycles. The van der Waals surface area contributed by atoms with Crippen LogP contribution in [-0.2, 0) is 6.54 Å². The van der Waals surface area contributed by atoms with E-state index in [1.54, 1.807) is 12.4 Å². The minimum absolute atomic E-state index is 0.448. The Morgan fingerprint density at radius 1 is 1.33 bits per heavy atom. The fraction of sp³-hybridized carbons (Fsp3) is 0.636. The molecule has 0 aromatic carbocycles. The molecule has 4 nitrogen and oxygen atoms in total. The van der Waals surface area contributed by atoms with Gasteiger partial charge in [0.25, 0.3) is 0 Å². The second-order valence-corrected chi connectivity index (χ2v) is 4.00. The fourth-order valence-electron chi connectivity index (χ4n) is 1.44. The Bertz CT molecular complexity index is 281. The van der Waals surface area contributed by atoms with Crippen LogP contribution in [0.3, 0.4) is 0 Å². The average molecular weight is 208 g/mol. The number of nitrogens with zero attached hydrogens (tertiary/aromatic N) is 3. The molecule has 0 spiro atoms. The van der Waals surface area contributed by atoms with Crippen LogP contribution < -0.4 is 10.6 Å². The molecule has 0 amide bonds. The van der Waals surface area contributed by atoms with Gasteiger partial charge >= 0.3 is 0 Å². The zero-order valence-corrected chi connectivity index (χ0v) is 9.77. The van der Waals surface area contributed by atoms with Gasteiger partial charge in [0, 0.05) is 19.6 Å². The Morgan fingerprint density at radius 3 is 2.47 bits per heavy atom. The van der Waals surface area contributed by atoms with Crippen molar-refractivity contribution in [2.75, 3.05) is 18.0 Å². The Balaban J connectivity index is 2.74. The summed E-state index contributed by atoms with van der Waals surface area (Å²) in [4.78, 5) is 10.8. The lowest BCUT2D eigenvalue weighted by Crippen LogP contribution is -2.28. The minimum atomic E-state index is 0.448. The first kappa shape index (κ1) is 11.9. The molecule has 0 unspecified atom stereocenters. The molecule has 0 radical (unpaired) electrons. The molecular formula is C11H20N4. The molecule has 2 N–H and O–H groups in total. The van der Waals surface area contributed by atoms with Gasteiger partial charge in [0.2, 0.25) is 0 Å². The second-order valence-electron chi connectivity index (χ2n) is 4.00. The molecule has 0 saturated carbocycles. The monoisotopic (exact) mass is 208 g/mol. The van der Waals surface area contributed by atoms with Crippen LogP contribution in [0.15, 0.2) is 12.4 Å². The van der Waals surface area contributed by atoms with Gasteiger partial charge in [-0.05, 0) is 12.8 Å². The molecule has 84 valence electrons. The predicted molar refractivity (Wildman–Crippen MR) is 62.6 cm³/mol. The van der Waals surface area contributed by atoms with Crippen molar-refractivity contribution in [2.24, 2.45) is 11.7 Å². The van der Waals surface area contributed by atoms with Crippen LogP contribution in [0.25, 0.3) is 0 Å². The topological polar surface area (TPSA) is 55.0 Å². The van der Waals surface area contributed by atoms with Crippen molar-refractivity contribution >= 4 is 5.82 Å². The van der Waals surface area contributed by atoms with Crippen molar-refractivity contribution < 1.29 is 0 Å². The predicted octanol–water partition coefficient (Wildman–Crippen LogP) is 1.42. The van der Waals surface area contributed by atoms with Crippen LogP contribution in [0, 0.1) is 5.92 Å². The van der Waals surface area contributed by atoms with E-state index in [2.05, 4.69) is 35.6 Å². The van der Waals surface area contributed by atoms with Gasteiger partial charge in [-0.2, -0.15) is 0 Å². The SMILES string of the molecule is CCN(CC(C)C)c1cnc(CN)cn1. The molecule has 1 aromatic rings. The van der Waals surface area contributed by atoms with Crippen LogP contribution in [-0.4, -0.2) is 23.1 Å². The molecule has 1 heterocycles. The summed E-state index contributed by atoms with van der Waals surface area (Å²) in [5, 5.41) is 0. The standard InChI is InChI=1S/C11H20N4/c1-4-15(8-9(2)3)11-7-13-10(5-12)6-14-11/h6-7,9H,4-5,8,12H2,1-3H3. The number of anilines is 1. The Hall–Kier alpha value is -1.16. The smallest absolute Gasteiger partial charge is 0.147 e. The number of hydrogen-bond donors (Lipinski definition) is 1. The maximum atomic E-state index is 5.47. The van der Waals surface area contributed by atoms with E-state index in [0.717, 1.165) is 24.6 Å². The van der Waals surface area contributed by atoms with Crippen LogP contribution >= 0.6 is 0 Å². The molecule has 0 aliphatic heterocycles. The number of nitrogens with two attached hydrogens (primary N) is 1. The zero-order valence-electron chi connectivity index (χ0n) is 9.77. The van der Waals surface area contributed by atoms with Gasteiger partial charge in [0.15, 0.2) is 0 Å². The number of hydrogen-bond acceptors (Lipinski definition) is 4. The van der Waals surface area contributed by atoms with Crippen molar-refractivity contribution in [1.82, 2.24) is 9.97 Å². The summed E-state index contributed by atoms with van der Waals surface area (Å²) < 4.78 is 0. The van der Waals surface area contributed by atoms with Crippen LogP contribution in [0.5, 0.6) is 0 Å². The number of rotatable bonds is 5. The van der Waals surface area contributed by atoms with Gasteiger partial charge in [0.05, 0.1) is 18.1 Å². The third kappa shape index (κ3) is 3.47. The highest BCUT2D eigenvalue weighted by Gasteiger charge is 2.07. The lowest BCUT2D eigenvalue weighted by Gasteiger charge is -2.23. The summed E-state index contributed by atoms with van der Waals surface area (Å²) in [5.74, 6) is 1.56. The normalized spacial score (nSPS) is 10.7. The lowest BCUT2D eigenvalue weighted by molar-refractivity contribution is 0.613. The summed E-state index contributed by atoms with van der Waals surface area (Å²) in [6, 6.07) is 0. The molecule has 0 atom stereocenters. The van der Waals surface area contributed by atoms with Gasteiger partial charge in [-0.25, -0.2) is 4.98 Å². The van der Waals surface area contributed by atoms with E-state index >= 15 is 0 Å². The van der Waals surface area contributed by atoms with E-state index in [0.29, 0.717) is 12.5 Å². The van der Waals surface area contributed by atoms with Gasteiger partial charge in [-0.15, -0.1) is 0 Å². The first-order valence-corrected chi connectivity index (χ1v) is 5.43. The number of aromatic nitrogens is 2. The van der Waals surface area contributed by atoms with Crippen LogP contribution in [0.1, 0.15) is 26.5 Å². The third-order valence-electron chi connectivity index (χ3n) is 2.19. The van der Waals surface area contributed by atoms with Crippen molar-refractivity contribution in [2.45, 2.75) is 27.3 Å². The van der Waals surface area contributed by atoms with E-state index in [1.807, 2.05) is 0 Å². The van der Waals surface area contributed by atoms with Gasteiger partial charge in [-0.1, -0.05) is 13.8 Å². The molecule has 15 heavy (non-hydrogen) atoms. The molecule has 4 heteroatoms. The van der Waals surface area contributed by atoms with Crippen molar-refractivity contribution in [3.8, 4) is 0 Å². The summed E-state index contributed by atoms with van der Waals surface area (Å²) in [7, 11) is 0. The van der Waals surface area contributed by atoms with Crippen LogP contribution in [0.4, 0.5) is 5.82 Å². The van der Waals surface area contributed by atoms with E-state index in [9.17, 15) is 0 Å². The van der Waals surface area contributed by atoms with E-state index in [4.69, 9.17) is 5.73 Å².